The second-order valence-corrected chi connectivity index (χ2v) is 6.44. The predicted octanol–water partition coefficient (Wildman–Crippen LogP) is 2.00. The summed E-state index contributed by atoms with van der Waals surface area (Å²) in [6.07, 6.45) is 5.33. The van der Waals surface area contributed by atoms with Gasteiger partial charge in [-0.25, -0.2) is 0 Å². The summed E-state index contributed by atoms with van der Waals surface area (Å²) >= 11 is 0. The van der Waals surface area contributed by atoms with Crippen molar-refractivity contribution in [2.75, 3.05) is 0 Å². The van der Waals surface area contributed by atoms with E-state index in [1.54, 1.807) is 18.2 Å². The standard InChI is InChI=1S/C17H22N2O3/c18-16(20)13-6-3-4-11(8-13)10-19-14-7-2-1-5-12(14)9-15(19)17(21)22/h3-4,6,8,12,14-15H,1-2,5,7,9-10H2,(H2,18,20)(H,21,22)/t12-,14+,15+/m1/s1. The Morgan fingerprint density at radius 3 is 2.77 bits per heavy atom. The van der Waals surface area contributed by atoms with Crippen molar-refractivity contribution in [2.45, 2.75) is 50.7 Å². The molecule has 0 unspecified atom stereocenters. The van der Waals surface area contributed by atoms with Crippen LogP contribution in [0.3, 0.4) is 0 Å². The summed E-state index contributed by atoms with van der Waals surface area (Å²) in [5, 5.41) is 9.54. The highest BCUT2D eigenvalue weighted by atomic mass is 16.4. The molecule has 3 rings (SSSR count). The first-order valence-corrected chi connectivity index (χ1v) is 7.93. The van der Waals surface area contributed by atoms with Crippen molar-refractivity contribution < 1.29 is 14.7 Å². The molecule has 0 bridgehead atoms. The van der Waals surface area contributed by atoms with Gasteiger partial charge in [-0.1, -0.05) is 25.0 Å². The largest absolute Gasteiger partial charge is 0.480 e. The highest BCUT2D eigenvalue weighted by Gasteiger charge is 2.44. The van der Waals surface area contributed by atoms with Gasteiger partial charge in [0.2, 0.25) is 5.91 Å². The Kier molecular flexibility index (Phi) is 4.16. The third-order valence-corrected chi connectivity index (χ3v) is 5.08. The van der Waals surface area contributed by atoms with Crippen LogP contribution in [0.5, 0.6) is 0 Å². The summed E-state index contributed by atoms with van der Waals surface area (Å²) in [7, 11) is 0. The van der Waals surface area contributed by atoms with E-state index >= 15 is 0 Å². The van der Waals surface area contributed by atoms with Gasteiger partial charge in [0.25, 0.3) is 0 Å². The van der Waals surface area contributed by atoms with Crippen LogP contribution in [0.15, 0.2) is 24.3 Å². The number of nitrogens with zero attached hydrogens (tertiary/aromatic N) is 1. The van der Waals surface area contributed by atoms with Crippen LogP contribution in [0.4, 0.5) is 0 Å². The Morgan fingerprint density at radius 2 is 2.05 bits per heavy atom. The summed E-state index contributed by atoms with van der Waals surface area (Å²) < 4.78 is 0. The van der Waals surface area contributed by atoms with Crippen LogP contribution in [-0.4, -0.2) is 34.0 Å². The second-order valence-electron chi connectivity index (χ2n) is 6.44. The molecule has 0 aromatic heterocycles. The van der Waals surface area contributed by atoms with Gasteiger partial charge in [0.1, 0.15) is 6.04 Å². The Bertz CT molecular complexity index is 587. The normalized spacial score (nSPS) is 28.3. The lowest BCUT2D eigenvalue weighted by Crippen LogP contribution is -2.41. The Balaban J connectivity index is 1.83. The number of aliphatic carboxylic acids is 1. The smallest absolute Gasteiger partial charge is 0.320 e. The van der Waals surface area contributed by atoms with E-state index in [2.05, 4.69) is 4.90 Å². The molecular weight excluding hydrogens is 280 g/mol. The zero-order valence-electron chi connectivity index (χ0n) is 12.6. The summed E-state index contributed by atoms with van der Waals surface area (Å²) in [6, 6.07) is 7.14. The minimum absolute atomic E-state index is 0.354. The Hall–Kier alpha value is -1.88. The van der Waals surface area contributed by atoms with Crippen LogP contribution in [0.25, 0.3) is 0 Å². The van der Waals surface area contributed by atoms with Crippen molar-refractivity contribution in [3.8, 4) is 0 Å². The number of primary amides is 1. The number of benzene rings is 1. The summed E-state index contributed by atoms with van der Waals surface area (Å²) in [6.45, 7) is 0.569. The maximum absolute atomic E-state index is 11.6. The topological polar surface area (TPSA) is 83.6 Å². The van der Waals surface area contributed by atoms with Gasteiger partial charge in [-0.15, -0.1) is 0 Å². The monoisotopic (exact) mass is 302 g/mol. The van der Waals surface area contributed by atoms with Gasteiger partial charge in [0.05, 0.1) is 0 Å². The fourth-order valence-corrected chi connectivity index (χ4v) is 4.06. The molecule has 0 spiro atoms. The Labute approximate surface area is 130 Å². The van der Waals surface area contributed by atoms with E-state index in [4.69, 9.17) is 5.73 Å². The third-order valence-electron chi connectivity index (χ3n) is 5.08. The first kappa shape index (κ1) is 15.0. The minimum atomic E-state index is -0.736. The van der Waals surface area contributed by atoms with E-state index in [1.165, 1.54) is 12.8 Å². The molecule has 1 aliphatic carbocycles. The lowest BCUT2D eigenvalue weighted by Gasteiger charge is -2.33. The number of rotatable bonds is 4. The van der Waals surface area contributed by atoms with Crippen LogP contribution in [-0.2, 0) is 11.3 Å². The zero-order chi connectivity index (χ0) is 15.7. The molecule has 1 aliphatic heterocycles. The van der Waals surface area contributed by atoms with Crippen molar-refractivity contribution in [3.63, 3.8) is 0 Å². The van der Waals surface area contributed by atoms with Gasteiger partial charge < -0.3 is 10.8 Å². The first-order chi connectivity index (χ1) is 10.6. The van der Waals surface area contributed by atoms with E-state index in [0.717, 1.165) is 24.8 Å². The number of hydrogen-bond donors (Lipinski definition) is 2. The fraction of sp³-hybridized carbons (Fsp3) is 0.529. The molecule has 1 saturated heterocycles. The molecule has 1 amide bonds. The van der Waals surface area contributed by atoms with E-state index < -0.39 is 17.9 Å². The van der Waals surface area contributed by atoms with E-state index in [9.17, 15) is 14.7 Å². The van der Waals surface area contributed by atoms with Crippen LogP contribution in [0.1, 0.15) is 48.0 Å². The molecule has 0 radical (unpaired) electrons. The average molecular weight is 302 g/mol. The van der Waals surface area contributed by atoms with E-state index in [0.29, 0.717) is 24.1 Å². The van der Waals surface area contributed by atoms with Crippen LogP contribution in [0.2, 0.25) is 0 Å². The second kappa shape index (κ2) is 6.08. The molecule has 2 fully saturated rings. The molecule has 3 N–H and O–H groups in total. The number of carbonyl (C=O) groups excluding carboxylic acids is 1. The molecule has 1 saturated carbocycles. The quantitative estimate of drug-likeness (QED) is 0.891. The third kappa shape index (κ3) is 2.86. The number of nitrogens with two attached hydrogens (primary N) is 1. The van der Waals surface area contributed by atoms with Gasteiger partial charge >= 0.3 is 5.97 Å². The first-order valence-electron chi connectivity index (χ1n) is 7.93. The van der Waals surface area contributed by atoms with Crippen molar-refractivity contribution in [2.24, 2.45) is 11.7 Å². The lowest BCUT2D eigenvalue weighted by atomic mass is 9.84. The summed E-state index contributed by atoms with van der Waals surface area (Å²) in [5.74, 6) is -0.691. The molecule has 1 aromatic carbocycles. The molecule has 3 atom stereocenters. The lowest BCUT2D eigenvalue weighted by molar-refractivity contribution is -0.142. The van der Waals surface area contributed by atoms with Gasteiger partial charge in [0, 0.05) is 18.2 Å². The number of carbonyl (C=O) groups is 2. The molecule has 5 heteroatoms. The predicted molar refractivity (Wildman–Crippen MR) is 82.3 cm³/mol. The van der Waals surface area contributed by atoms with E-state index in [1.807, 2.05) is 6.07 Å². The average Bonchev–Trinajstić information content (AvgIpc) is 2.87. The Morgan fingerprint density at radius 1 is 1.27 bits per heavy atom. The summed E-state index contributed by atoms with van der Waals surface area (Å²) in [5.41, 5.74) is 6.75. The maximum Gasteiger partial charge on any atom is 0.320 e. The SMILES string of the molecule is NC(=O)c1cccc(CN2[C@H](C(=O)O)C[C@H]3CCCC[C@@H]32)c1. The fourth-order valence-electron chi connectivity index (χ4n) is 4.06. The van der Waals surface area contributed by atoms with Gasteiger partial charge in [-0.05, 0) is 42.9 Å². The summed E-state index contributed by atoms with van der Waals surface area (Å²) in [4.78, 5) is 25.0. The molecule has 22 heavy (non-hydrogen) atoms. The molecule has 5 nitrogen and oxygen atoms in total. The molecule has 1 heterocycles. The number of fused-ring (bicyclic) bond motifs is 1. The number of hydrogen-bond acceptors (Lipinski definition) is 3. The zero-order valence-corrected chi connectivity index (χ0v) is 12.6. The number of amides is 1. The van der Waals surface area contributed by atoms with Crippen molar-refractivity contribution in [1.29, 1.82) is 0 Å². The number of carboxylic acids is 1. The maximum atomic E-state index is 11.6. The molecule has 118 valence electrons. The van der Waals surface area contributed by atoms with Crippen molar-refractivity contribution >= 4 is 11.9 Å². The number of likely N-dealkylation sites (tertiary alicyclic amines) is 1. The van der Waals surface area contributed by atoms with Crippen LogP contribution in [0, 0.1) is 5.92 Å². The van der Waals surface area contributed by atoms with Crippen LogP contribution < -0.4 is 5.73 Å². The van der Waals surface area contributed by atoms with Gasteiger partial charge in [-0.2, -0.15) is 0 Å². The minimum Gasteiger partial charge on any atom is -0.480 e. The van der Waals surface area contributed by atoms with E-state index in [-0.39, 0.29) is 0 Å². The number of carboxylic acid groups (broad SMARTS) is 1. The molecule has 2 aliphatic rings. The molecule has 1 aromatic rings. The van der Waals surface area contributed by atoms with Gasteiger partial charge in [-0.3, -0.25) is 14.5 Å². The highest BCUT2D eigenvalue weighted by molar-refractivity contribution is 5.92. The van der Waals surface area contributed by atoms with Gasteiger partial charge in [0.15, 0.2) is 0 Å². The van der Waals surface area contributed by atoms with Crippen molar-refractivity contribution in [3.05, 3.63) is 35.4 Å². The molecular formula is C17H22N2O3. The van der Waals surface area contributed by atoms with Crippen molar-refractivity contribution in [1.82, 2.24) is 4.90 Å². The van der Waals surface area contributed by atoms with Crippen LogP contribution >= 0.6 is 0 Å². The highest BCUT2D eigenvalue weighted by Crippen LogP contribution is 2.40.